The summed E-state index contributed by atoms with van der Waals surface area (Å²) in [7, 11) is 0. The molecule has 5 rings (SSSR count). The molecule has 2 aliphatic rings. The molecule has 4 heterocycles. The standard InChI is InChI=1S/C19H23N7O/c27-19-11-15-3-1-2-4-16(15)22-25(19)12-14-7-9-24(10-8-14)18-6-5-17-21-20-13-26(17)23-18/h5-6,11,13-14H,1-4,7-10,12H2. The van der Waals surface area contributed by atoms with Gasteiger partial charge in [0, 0.05) is 25.7 Å². The highest BCUT2D eigenvalue weighted by molar-refractivity contribution is 5.45. The van der Waals surface area contributed by atoms with E-state index in [4.69, 9.17) is 0 Å². The van der Waals surface area contributed by atoms with Gasteiger partial charge in [0.25, 0.3) is 5.56 Å². The smallest absolute Gasteiger partial charge is 0.267 e. The zero-order valence-corrected chi connectivity index (χ0v) is 15.3. The van der Waals surface area contributed by atoms with Crippen LogP contribution in [0.5, 0.6) is 0 Å². The third kappa shape index (κ3) is 3.20. The first-order chi connectivity index (χ1) is 13.3. The van der Waals surface area contributed by atoms with Crippen LogP contribution in [0.3, 0.4) is 0 Å². The molecule has 3 aromatic heterocycles. The van der Waals surface area contributed by atoms with Gasteiger partial charge in [0.15, 0.2) is 5.65 Å². The summed E-state index contributed by atoms with van der Waals surface area (Å²) in [5, 5.41) is 17.1. The zero-order chi connectivity index (χ0) is 18.2. The van der Waals surface area contributed by atoms with Crippen molar-refractivity contribution in [1.29, 1.82) is 0 Å². The molecule has 1 saturated heterocycles. The molecule has 0 spiro atoms. The highest BCUT2D eigenvalue weighted by atomic mass is 16.1. The van der Waals surface area contributed by atoms with Crippen LogP contribution in [-0.2, 0) is 19.4 Å². The molecule has 0 N–H and O–H groups in total. The summed E-state index contributed by atoms with van der Waals surface area (Å²) in [6.07, 6.45) is 8.05. The fourth-order valence-electron chi connectivity index (χ4n) is 4.21. The van der Waals surface area contributed by atoms with Crippen LogP contribution in [0.4, 0.5) is 5.82 Å². The Morgan fingerprint density at radius 2 is 1.93 bits per heavy atom. The van der Waals surface area contributed by atoms with E-state index in [1.807, 2.05) is 18.2 Å². The first kappa shape index (κ1) is 16.4. The number of rotatable bonds is 3. The molecule has 27 heavy (non-hydrogen) atoms. The van der Waals surface area contributed by atoms with Crippen molar-refractivity contribution < 1.29 is 0 Å². The summed E-state index contributed by atoms with van der Waals surface area (Å²) in [5.74, 6) is 1.43. The van der Waals surface area contributed by atoms with E-state index in [9.17, 15) is 4.79 Å². The molecule has 140 valence electrons. The average Bonchev–Trinajstić information content (AvgIpc) is 3.17. The van der Waals surface area contributed by atoms with Crippen molar-refractivity contribution in [2.24, 2.45) is 5.92 Å². The van der Waals surface area contributed by atoms with Gasteiger partial charge in [-0.1, -0.05) is 0 Å². The van der Waals surface area contributed by atoms with E-state index in [1.54, 1.807) is 15.5 Å². The van der Waals surface area contributed by atoms with Gasteiger partial charge in [0.05, 0.1) is 5.69 Å². The van der Waals surface area contributed by atoms with E-state index >= 15 is 0 Å². The predicted octanol–water partition coefficient (Wildman–Crippen LogP) is 1.48. The van der Waals surface area contributed by atoms with Crippen LogP contribution in [0.1, 0.15) is 36.9 Å². The second-order valence-electron chi connectivity index (χ2n) is 7.60. The lowest BCUT2D eigenvalue weighted by atomic mass is 9.96. The highest BCUT2D eigenvalue weighted by Gasteiger charge is 2.22. The Kier molecular flexibility index (Phi) is 4.10. The van der Waals surface area contributed by atoms with E-state index in [2.05, 4.69) is 25.3 Å². The van der Waals surface area contributed by atoms with E-state index in [1.165, 1.54) is 12.8 Å². The largest absolute Gasteiger partial charge is 0.355 e. The van der Waals surface area contributed by atoms with Gasteiger partial charge in [-0.15, -0.1) is 15.3 Å². The number of nitrogens with zero attached hydrogens (tertiary/aromatic N) is 7. The van der Waals surface area contributed by atoms with E-state index < -0.39 is 0 Å². The molecule has 0 atom stereocenters. The summed E-state index contributed by atoms with van der Waals surface area (Å²) in [5.41, 5.74) is 3.10. The fourth-order valence-corrected chi connectivity index (χ4v) is 4.21. The summed E-state index contributed by atoms with van der Waals surface area (Å²) in [6.45, 7) is 2.59. The topological polar surface area (TPSA) is 81.2 Å². The van der Waals surface area contributed by atoms with Crippen LogP contribution in [0.15, 0.2) is 29.3 Å². The summed E-state index contributed by atoms with van der Waals surface area (Å²) in [6, 6.07) is 5.76. The number of hydrogen-bond acceptors (Lipinski definition) is 6. The Bertz CT molecular complexity index is 1020. The molecule has 0 aromatic carbocycles. The van der Waals surface area contributed by atoms with Crippen molar-refractivity contribution in [3.63, 3.8) is 0 Å². The Morgan fingerprint density at radius 1 is 1.07 bits per heavy atom. The number of aromatic nitrogens is 6. The van der Waals surface area contributed by atoms with Crippen molar-refractivity contribution in [2.75, 3.05) is 18.0 Å². The monoisotopic (exact) mass is 365 g/mol. The molecular weight excluding hydrogens is 342 g/mol. The van der Waals surface area contributed by atoms with Crippen molar-refractivity contribution in [2.45, 2.75) is 45.1 Å². The molecular formula is C19H23N7O. The molecule has 0 unspecified atom stereocenters. The van der Waals surface area contributed by atoms with Gasteiger partial charge in [0.1, 0.15) is 12.1 Å². The van der Waals surface area contributed by atoms with Gasteiger partial charge >= 0.3 is 0 Å². The summed E-state index contributed by atoms with van der Waals surface area (Å²) >= 11 is 0. The molecule has 8 heteroatoms. The maximum atomic E-state index is 12.4. The van der Waals surface area contributed by atoms with Crippen molar-refractivity contribution in [1.82, 2.24) is 29.6 Å². The third-order valence-electron chi connectivity index (χ3n) is 5.79. The van der Waals surface area contributed by atoms with Crippen molar-refractivity contribution in [3.05, 3.63) is 46.1 Å². The molecule has 0 radical (unpaired) electrons. The SMILES string of the molecule is O=c1cc2c(nn1CC1CCN(c3ccc4nncn4n3)CC1)CCCC2. The number of hydrogen-bond donors (Lipinski definition) is 0. The van der Waals surface area contributed by atoms with E-state index in [0.29, 0.717) is 5.92 Å². The molecule has 1 aliphatic heterocycles. The second-order valence-corrected chi connectivity index (χ2v) is 7.60. The lowest BCUT2D eigenvalue weighted by Crippen LogP contribution is -2.37. The quantitative estimate of drug-likeness (QED) is 0.699. The minimum atomic E-state index is 0.0535. The fraction of sp³-hybridized carbons (Fsp3) is 0.526. The van der Waals surface area contributed by atoms with Crippen LogP contribution in [0.2, 0.25) is 0 Å². The maximum absolute atomic E-state index is 12.4. The Morgan fingerprint density at radius 3 is 2.81 bits per heavy atom. The van der Waals surface area contributed by atoms with Crippen LogP contribution < -0.4 is 10.5 Å². The first-order valence-electron chi connectivity index (χ1n) is 9.78. The third-order valence-corrected chi connectivity index (χ3v) is 5.79. The van der Waals surface area contributed by atoms with E-state index in [0.717, 1.165) is 68.0 Å². The van der Waals surface area contributed by atoms with Gasteiger partial charge in [-0.2, -0.15) is 9.61 Å². The highest BCUT2D eigenvalue weighted by Crippen LogP contribution is 2.23. The molecule has 0 saturated carbocycles. The van der Waals surface area contributed by atoms with Crippen molar-refractivity contribution >= 4 is 11.5 Å². The van der Waals surface area contributed by atoms with Crippen molar-refractivity contribution in [3.8, 4) is 0 Å². The Labute approximate surface area is 156 Å². The Hall–Kier alpha value is -2.77. The zero-order valence-electron chi connectivity index (χ0n) is 15.3. The minimum absolute atomic E-state index is 0.0535. The van der Waals surface area contributed by atoms with E-state index in [-0.39, 0.29) is 5.56 Å². The lowest BCUT2D eigenvalue weighted by Gasteiger charge is -2.32. The molecule has 1 aliphatic carbocycles. The van der Waals surface area contributed by atoms with Gasteiger partial charge in [-0.05, 0) is 62.1 Å². The van der Waals surface area contributed by atoms with Crippen LogP contribution >= 0.6 is 0 Å². The normalized spacial score (nSPS) is 18.0. The number of anilines is 1. The van der Waals surface area contributed by atoms with Crippen LogP contribution in [0, 0.1) is 5.92 Å². The van der Waals surface area contributed by atoms with Crippen LogP contribution in [0.25, 0.3) is 5.65 Å². The molecule has 3 aromatic rings. The predicted molar refractivity (Wildman–Crippen MR) is 101 cm³/mol. The maximum Gasteiger partial charge on any atom is 0.267 e. The van der Waals surface area contributed by atoms with Gasteiger partial charge < -0.3 is 4.90 Å². The van der Waals surface area contributed by atoms with Gasteiger partial charge in [-0.3, -0.25) is 4.79 Å². The molecule has 0 bridgehead atoms. The molecule has 8 nitrogen and oxygen atoms in total. The molecule has 1 fully saturated rings. The number of fused-ring (bicyclic) bond motifs is 2. The van der Waals surface area contributed by atoms with Crippen LogP contribution in [-0.4, -0.2) is 42.7 Å². The van der Waals surface area contributed by atoms with Gasteiger partial charge in [-0.25, -0.2) is 4.68 Å². The van der Waals surface area contributed by atoms with Gasteiger partial charge in [0.2, 0.25) is 0 Å². The number of aryl methyl sites for hydroxylation is 2. The minimum Gasteiger partial charge on any atom is -0.355 e. The molecule has 0 amide bonds. The first-order valence-corrected chi connectivity index (χ1v) is 9.78. The Balaban J connectivity index is 1.26. The lowest BCUT2D eigenvalue weighted by molar-refractivity contribution is 0.331. The summed E-state index contributed by atoms with van der Waals surface area (Å²) in [4.78, 5) is 14.7. The second kappa shape index (κ2) is 6.75. The summed E-state index contributed by atoms with van der Waals surface area (Å²) < 4.78 is 3.41. The number of piperidine rings is 1. The average molecular weight is 365 g/mol.